The fourth-order valence-electron chi connectivity index (χ4n) is 2.28. The molecule has 1 saturated heterocycles. The van der Waals surface area contributed by atoms with Crippen LogP contribution in [0.15, 0.2) is 23.1 Å². The zero-order chi connectivity index (χ0) is 14.2. The molecule has 0 amide bonds. The van der Waals surface area contributed by atoms with Crippen LogP contribution in [0.1, 0.15) is 6.92 Å². The van der Waals surface area contributed by atoms with Crippen LogP contribution in [0.25, 0.3) is 0 Å². The molecule has 1 fully saturated rings. The van der Waals surface area contributed by atoms with Gasteiger partial charge in [-0.3, -0.25) is 0 Å². The topological polar surface area (TPSA) is 66.6 Å². The Morgan fingerprint density at radius 1 is 1.37 bits per heavy atom. The van der Waals surface area contributed by atoms with Crippen LogP contribution in [0.3, 0.4) is 0 Å². The number of anilines is 1. The van der Waals surface area contributed by atoms with Crippen molar-refractivity contribution in [2.75, 3.05) is 32.4 Å². The number of hydrogen-bond acceptors (Lipinski definition) is 4. The molecular formula is C12H18FN3O2S. The average molecular weight is 287 g/mol. The maximum atomic E-state index is 13.4. The van der Waals surface area contributed by atoms with Gasteiger partial charge in [-0.1, -0.05) is 0 Å². The quantitative estimate of drug-likeness (QED) is 0.815. The summed E-state index contributed by atoms with van der Waals surface area (Å²) in [5.41, 5.74) is 5.32. The van der Waals surface area contributed by atoms with E-state index in [1.165, 1.54) is 16.4 Å². The van der Waals surface area contributed by atoms with Gasteiger partial charge in [0.05, 0.1) is 10.6 Å². The summed E-state index contributed by atoms with van der Waals surface area (Å²) >= 11 is 0. The lowest BCUT2D eigenvalue weighted by molar-refractivity contribution is 0.170. The van der Waals surface area contributed by atoms with Gasteiger partial charge in [0.25, 0.3) is 0 Å². The van der Waals surface area contributed by atoms with Crippen molar-refractivity contribution in [1.82, 2.24) is 9.21 Å². The van der Waals surface area contributed by atoms with Gasteiger partial charge < -0.3 is 10.6 Å². The Morgan fingerprint density at radius 2 is 2.05 bits per heavy atom. The Labute approximate surface area is 112 Å². The van der Waals surface area contributed by atoms with E-state index in [9.17, 15) is 12.8 Å². The first-order chi connectivity index (χ1) is 8.82. The molecule has 0 aliphatic carbocycles. The van der Waals surface area contributed by atoms with E-state index < -0.39 is 15.8 Å². The number of rotatable bonds is 2. The molecule has 0 aromatic heterocycles. The molecule has 5 nitrogen and oxygen atoms in total. The lowest BCUT2D eigenvalue weighted by Crippen LogP contribution is -2.52. The second kappa shape index (κ2) is 5.07. The van der Waals surface area contributed by atoms with Crippen molar-refractivity contribution in [2.45, 2.75) is 17.9 Å². The average Bonchev–Trinajstić information content (AvgIpc) is 2.32. The fourth-order valence-corrected chi connectivity index (χ4v) is 3.91. The van der Waals surface area contributed by atoms with Crippen LogP contribution >= 0.6 is 0 Å². The molecule has 1 aliphatic heterocycles. The van der Waals surface area contributed by atoms with Gasteiger partial charge in [-0.25, -0.2) is 12.8 Å². The lowest BCUT2D eigenvalue weighted by Gasteiger charge is -2.37. The van der Waals surface area contributed by atoms with Gasteiger partial charge in [0.2, 0.25) is 10.0 Å². The predicted octanol–water partition coefficient (Wildman–Crippen LogP) is 0.732. The van der Waals surface area contributed by atoms with Gasteiger partial charge in [0.1, 0.15) is 5.82 Å². The number of likely N-dealkylation sites (N-methyl/N-ethyl adjacent to an activating group) is 1. The monoisotopic (exact) mass is 287 g/mol. The number of piperazine rings is 1. The Bertz CT molecular complexity index is 576. The van der Waals surface area contributed by atoms with Crippen LogP contribution in [0.2, 0.25) is 0 Å². The van der Waals surface area contributed by atoms with Crippen molar-refractivity contribution in [1.29, 1.82) is 0 Å². The zero-order valence-electron chi connectivity index (χ0n) is 11.0. The normalized spacial score (nSPS) is 22.6. The number of nitrogens with zero attached hydrogens (tertiary/aromatic N) is 2. The number of hydrogen-bond donors (Lipinski definition) is 1. The third-order valence-corrected chi connectivity index (χ3v) is 5.36. The van der Waals surface area contributed by atoms with E-state index in [4.69, 9.17) is 5.73 Å². The predicted molar refractivity (Wildman–Crippen MR) is 71.7 cm³/mol. The summed E-state index contributed by atoms with van der Waals surface area (Å²) in [6.45, 7) is 3.59. The summed E-state index contributed by atoms with van der Waals surface area (Å²) in [5, 5.41) is 0. The highest BCUT2D eigenvalue weighted by Crippen LogP contribution is 2.23. The number of benzene rings is 1. The van der Waals surface area contributed by atoms with Crippen LogP contribution in [-0.2, 0) is 10.0 Å². The van der Waals surface area contributed by atoms with Gasteiger partial charge in [-0.05, 0) is 32.2 Å². The van der Waals surface area contributed by atoms with Crippen molar-refractivity contribution < 1.29 is 12.8 Å². The first kappa shape index (κ1) is 14.2. The van der Waals surface area contributed by atoms with Crippen molar-refractivity contribution in [3.63, 3.8) is 0 Å². The summed E-state index contributed by atoms with van der Waals surface area (Å²) in [6.07, 6.45) is 0. The molecule has 0 spiro atoms. The lowest BCUT2D eigenvalue weighted by atomic mass is 10.2. The third-order valence-electron chi connectivity index (χ3n) is 3.35. The minimum atomic E-state index is -3.66. The highest BCUT2D eigenvalue weighted by Gasteiger charge is 2.32. The van der Waals surface area contributed by atoms with E-state index in [1.54, 1.807) is 0 Å². The van der Waals surface area contributed by atoms with Gasteiger partial charge in [-0.2, -0.15) is 4.31 Å². The molecule has 1 aliphatic rings. The first-order valence-corrected chi connectivity index (χ1v) is 7.52. The summed E-state index contributed by atoms with van der Waals surface area (Å²) in [6, 6.07) is 3.47. The van der Waals surface area contributed by atoms with Crippen LogP contribution in [0.4, 0.5) is 10.1 Å². The Balaban J connectivity index is 2.34. The summed E-state index contributed by atoms with van der Waals surface area (Å²) in [4.78, 5) is 2.02. The minimum Gasteiger partial charge on any atom is -0.396 e. The molecule has 7 heteroatoms. The van der Waals surface area contributed by atoms with Crippen molar-refractivity contribution in [3.8, 4) is 0 Å². The third kappa shape index (κ3) is 2.72. The van der Waals surface area contributed by atoms with Crippen molar-refractivity contribution in [3.05, 3.63) is 24.0 Å². The zero-order valence-corrected chi connectivity index (χ0v) is 11.8. The van der Waals surface area contributed by atoms with Gasteiger partial charge in [-0.15, -0.1) is 0 Å². The van der Waals surface area contributed by atoms with E-state index in [1.807, 2.05) is 14.0 Å². The molecule has 2 rings (SSSR count). The van der Waals surface area contributed by atoms with Gasteiger partial charge in [0.15, 0.2) is 0 Å². The second-order valence-corrected chi connectivity index (χ2v) is 6.80. The molecule has 1 aromatic rings. The van der Waals surface area contributed by atoms with E-state index in [0.29, 0.717) is 19.6 Å². The highest BCUT2D eigenvalue weighted by atomic mass is 32.2. The highest BCUT2D eigenvalue weighted by molar-refractivity contribution is 7.89. The Kier molecular flexibility index (Phi) is 3.80. The second-order valence-electron chi connectivity index (χ2n) is 4.91. The van der Waals surface area contributed by atoms with E-state index in [0.717, 1.165) is 6.07 Å². The SMILES string of the molecule is CC1CN(C)CCN1S(=O)(=O)c1ccc(N)c(F)c1. The summed E-state index contributed by atoms with van der Waals surface area (Å²) in [7, 11) is -1.72. The van der Waals surface area contributed by atoms with Crippen molar-refractivity contribution in [2.24, 2.45) is 0 Å². The molecule has 2 N–H and O–H groups in total. The van der Waals surface area contributed by atoms with Crippen LogP contribution in [-0.4, -0.2) is 50.3 Å². The summed E-state index contributed by atoms with van der Waals surface area (Å²) < 4.78 is 39.8. The molecule has 1 atom stereocenters. The Hall–Kier alpha value is -1.18. The molecule has 0 bridgehead atoms. The standard InChI is InChI=1S/C12H18FN3O2S/c1-9-8-15(2)5-6-16(9)19(17,18)10-3-4-12(14)11(13)7-10/h3-4,7,9H,5-6,8,14H2,1-2H3. The maximum absolute atomic E-state index is 13.4. The smallest absolute Gasteiger partial charge is 0.243 e. The van der Waals surface area contributed by atoms with Crippen LogP contribution < -0.4 is 5.73 Å². The fraction of sp³-hybridized carbons (Fsp3) is 0.500. The van der Waals surface area contributed by atoms with E-state index in [-0.39, 0.29) is 16.6 Å². The minimum absolute atomic E-state index is 0.0457. The number of sulfonamides is 1. The largest absolute Gasteiger partial charge is 0.396 e. The number of nitrogen functional groups attached to an aromatic ring is 1. The van der Waals surface area contributed by atoms with Crippen LogP contribution in [0, 0.1) is 5.82 Å². The summed E-state index contributed by atoms with van der Waals surface area (Å²) in [5.74, 6) is -0.706. The molecule has 1 aromatic carbocycles. The first-order valence-electron chi connectivity index (χ1n) is 6.08. The van der Waals surface area contributed by atoms with Crippen LogP contribution in [0.5, 0.6) is 0 Å². The van der Waals surface area contributed by atoms with Gasteiger partial charge in [0, 0.05) is 25.7 Å². The molecule has 1 heterocycles. The molecule has 0 radical (unpaired) electrons. The molecule has 106 valence electrons. The molecule has 19 heavy (non-hydrogen) atoms. The van der Waals surface area contributed by atoms with E-state index in [2.05, 4.69) is 4.90 Å². The van der Waals surface area contributed by atoms with Gasteiger partial charge >= 0.3 is 0 Å². The molecular weight excluding hydrogens is 269 g/mol. The van der Waals surface area contributed by atoms with E-state index >= 15 is 0 Å². The molecule has 1 unspecified atom stereocenters. The maximum Gasteiger partial charge on any atom is 0.243 e. The number of nitrogens with two attached hydrogens (primary N) is 1. The molecule has 0 saturated carbocycles. The van der Waals surface area contributed by atoms with Crippen molar-refractivity contribution >= 4 is 15.7 Å². The number of halogens is 1. The Morgan fingerprint density at radius 3 is 2.63 bits per heavy atom.